The molecule has 1 unspecified atom stereocenters. The number of hydrogen-bond donors (Lipinski definition) is 1. The van der Waals surface area contributed by atoms with Crippen LogP contribution >= 0.6 is 11.6 Å². The van der Waals surface area contributed by atoms with Crippen LogP contribution in [0.2, 0.25) is 5.02 Å². The van der Waals surface area contributed by atoms with Crippen LogP contribution in [-0.4, -0.2) is 22.9 Å². The minimum atomic E-state index is -1.12. The first kappa shape index (κ1) is 22.8. The van der Waals surface area contributed by atoms with Gasteiger partial charge in [0.15, 0.2) is 6.10 Å². The minimum Gasteiger partial charge on any atom is -0.489 e. The van der Waals surface area contributed by atoms with Crippen molar-refractivity contribution < 1.29 is 24.0 Å². The van der Waals surface area contributed by atoms with Crippen LogP contribution in [0.5, 0.6) is 5.75 Å². The van der Waals surface area contributed by atoms with Crippen LogP contribution in [-0.2, 0) is 16.1 Å². The van der Waals surface area contributed by atoms with Gasteiger partial charge in [-0.3, -0.25) is 14.9 Å². The van der Waals surface area contributed by atoms with Crippen LogP contribution in [0, 0.1) is 10.1 Å². The lowest BCUT2D eigenvalue weighted by Gasteiger charge is -2.14. The van der Waals surface area contributed by atoms with Gasteiger partial charge in [-0.25, -0.2) is 4.79 Å². The third kappa shape index (κ3) is 6.05. The van der Waals surface area contributed by atoms with Gasteiger partial charge in [0.05, 0.1) is 15.5 Å². The van der Waals surface area contributed by atoms with E-state index in [1.54, 1.807) is 24.3 Å². The zero-order chi connectivity index (χ0) is 23.1. The molecule has 0 saturated carbocycles. The summed E-state index contributed by atoms with van der Waals surface area (Å²) in [5.41, 5.74) is 1.21. The van der Waals surface area contributed by atoms with Crippen molar-refractivity contribution >= 4 is 34.9 Å². The molecule has 0 aliphatic rings. The van der Waals surface area contributed by atoms with E-state index >= 15 is 0 Å². The van der Waals surface area contributed by atoms with E-state index in [9.17, 15) is 19.7 Å². The summed E-state index contributed by atoms with van der Waals surface area (Å²) in [4.78, 5) is 34.8. The quantitative estimate of drug-likeness (QED) is 0.291. The third-order valence-electron chi connectivity index (χ3n) is 4.41. The zero-order valence-electron chi connectivity index (χ0n) is 17.0. The van der Waals surface area contributed by atoms with Crippen LogP contribution in [0.4, 0.5) is 11.4 Å². The number of nitrogens with one attached hydrogen (secondary N) is 1. The third-order valence-corrected chi connectivity index (χ3v) is 4.72. The Labute approximate surface area is 188 Å². The van der Waals surface area contributed by atoms with Crippen molar-refractivity contribution in [2.24, 2.45) is 0 Å². The van der Waals surface area contributed by atoms with Gasteiger partial charge in [0.25, 0.3) is 11.6 Å². The Morgan fingerprint density at radius 3 is 2.38 bits per heavy atom. The number of ether oxygens (including phenoxy) is 2. The number of halogens is 1. The largest absolute Gasteiger partial charge is 0.489 e. The van der Waals surface area contributed by atoms with E-state index < -0.39 is 22.9 Å². The molecule has 0 aliphatic carbocycles. The van der Waals surface area contributed by atoms with Gasteiger partial charge >= 0.3 is 5.97 Å². The summed E-state index contributed by atoms with van der Waals surface area (Å²) in [7, 11) is 0. The second-order valence-corrected chi connectivity index (χ2v) is 7.16. The maximum absolute atomic E-state index is 12.4. The lowest BCUT2D eigenvalue weighted by Crippen LogP contribution is -2.30. The average molecular weight is 455 g/mol. The fourth-order valence-electron chi connectivity index (χ4n) is 2.68. The lowest BCUT2D eigenvalue weighted by molar-refractivity contribution is -0.384. The predicted molar refractivity (Wildman–Crippen MR) is 119 cm³/mol. The van der Waals surface area contributed by atoms with Crippen molar-refractivity contribution in [2.75, 3.05) is 5.32 Å². The van der Waals surface area contributed by atoms with E-state index in [0.29, 0.717) is 18.0 Å². The molecule has 9 heteroatoms. The highest BCUT2D eigenvalue weighted by atomic mass is 35.5. The summed E-state index contributed by atoms with van der Waals surface area (Å²) in [6.07, 6.45) is -1.12. The van der Waals surface area contributed by atoms with Crippen molar-refractivity contribution in [3.63, 3.8) is 0 Å². The van der Waals surface area contributed by atoms with Crippen molar-refractivity contribution in [1.82, 2.24) is 0 Å². The molecule has 0 fully saturated rings. The number of nitro benzene ring substituents is 1. The number of nitro groups is 1. The van der Waals surface area contributed by atoms with Gasteiger partial charge in [0.2, 0.25) is 0 Å². The fraction of sp³-hybridized carbons (Fsp3) is 0.130. The molecule has 0 bridgehead atoms. The van der Waals surface area contributed by atoms with Gasteiger partial charge < -0.3 is 14.8 Å². The molecule has 1 N–H and O–H groups in total. The highest BCUT2D eigenvalue weighted by Crippen LogP contribution is 2.24. The van der Waals surface area contributed by atoms with E-state index in [2.05, 4.69) is 5.32 Å². The Morgan fingerprint density at radius 2 is 1.75 bits per heavy atom. The molecule has 164 valence electrons. The van der Waals surface area contributed by atoms with Gasteiger partial charge in [0, 0.05) is 17.8 Å². The Bertz CT molecular complexity index is 1120. The first-order chi connectivity index (χ1) is 15.3. The first-order valence-electron chi connectivity index (χ1n) is 9.56. The van der Waals surface area contributed by atoms with E-state index in [0.717, 1.165) is 17.7 Å². The van der Waals surface area contributed by atoms with E-state index in [1.165, 1.54) is 13.0 Å². The predicted octanol–water partition coefficient (Wildman–Crippen LogP) is 5.01. The summed E-state index contributed by atoms with van der Waals surface area (Å²) in [5, 5.41) is 13.3. The summed E-state index contributed by atoms with van der Waals surface area (Å²) in [6, 6.07) is 19.8. The van der Waals surface area contributed by atoms with Gasteiger partial charge in [-0.1, -0.05) is 41.9 Å². The number of hydrogen-bond acceptors (Lipinski definition) is 6. The monoisotopic (exact) mass is 454 g/mol. The summed E-state index contributed by atoms with van der Waals surface area (Å²) >= 11 is 5.92. The van der Waals surface area contributed by atoms with Crippen molar-refractivity contribution in [2.45, 2.75) is 19.6 Å². The van der Waals surface area contributed by atoms with E-state index in [1.807, 2.05) is 30.3 Å². The molecule has 3 rings (SSSR count). The molecule has 0 radical (unpaired) electrons. The molecule has 0 aliphatic heterocycles. The second-order valence-electron chi connectivity index (χ2n) is 6.76. The van der Waals surface area contributed by atoms with Crippen LogP contribution in [0.3, 0.4) is 0 Å². The van der Waals surface area contributed by atoms with Gasteiger partial charge in [-0.2, -0.15) is 0 Å². The maximum Gasteiger partial charge on any atom is 0.340 e. The number of anilines is 1. The van der Waals surface area contributed by atoms with Crippen LogP contribution in [0.1, 0.15) is 22.8 Å². The molecular weight excluding hydrogens is 436 g/mol. The number of carbonyl (C=O) groups excluding carboxylic acids is 2. The number of esters is 1. The number of benzene rings is 3. The Morgan fingerprint density at radius 1 is 1.06 bits per heavy atom. The summed E-state index contributed by atoms with van der Waals surface area (Å²) in [6.45, 7) is 1.83. The number of non-ortho nitro benzene ring substituents is 1. The molecule has 1 amide bonds. The molecular formula is C23H19ClN2O6. The number of carbonyl (C=O) groups is 2. The van der Waals surface area contributed by atoms with Crippen LogP contribution < -0.4 is 10.1 Å². The first-order valence-corrected chi connectivity index (χ1v) is 9.94. The Hall–Kier alpha value is -3.91. The number of nitrogens with zero attached hydrogens (tertiary/aromatic N) is 1. The Kier molecular flexibility index (Phi) is 7.41. The molecule has 3 aromatic carbocycles. The van der Waals surface area contributed by atoms with Gasteiger partial charge in [-0.05, 0) is 42.8 Å². The molecule has 1 atom stereocenters. The molecule has 0 saturated heterocycles. The average Bonchev–Trinajstić information content (AvgIpc) is 2.79. The Balaban J connectivity index is 1.53. The van der Waals surface area contributed by atoms with Gasteiger partial charge in [-0.15, -0.1) is 0 Å². The van der Waals surface area contributed by atoms with Crippen molar-refractivity contribution in [3.05, 3.63) is 99.1 Å². The summed E-state index contributed by atoms with van der Waals surface area (Å²) < 4.78 is 10.8. The molecule has 8 nitrogen and oxygen atoms in total. The standard InChI is InChI=1S/C23H19ClN2O6/c1-15(32-23(28)20-12-9-18(26(29)30)13-21(20)24)22(27)25-17-7-10-19(11-8-17)31-14-16-5-3-2-4-6-16/h2-13,15H,14H2,1H3,(H,25,27). The van der Waals surface area contributed by atoms with Crippen LogP contribution in [0.15, 0.2) is 72.8 Å². The van der Waals surface area contributed by atoms with Crippen LogP contribution in [0.25, 0.3) is 0 Å². The summed E-state index contributed by atoms with van der Waals surface area (Å²) in [5.74, 6) is -0.773. The smallest absolute Gasteiger partial charge is 0.340 e. The van der Waals surface area contributed by atoms with E-state index in [-0.39, 0.29) is 16.3 Å². The molecule has 32 heavy (non-hydrogen) atoms. The minimum absolute atomic E-state index is 0.0724. The molecule has 0 heterocycles. The molecule has 3 aromatic rings. The zero-order valence-corrected chi connectivity index (χ0v) is 17.7. The highest BCUT2D eigenvalue weighted by Gasteiger charge is 2.22. The second kappa shape index (κ2) is 10.4. The fourth-order valence-corrected chi connectivity index (χ4v) is 2.93. The maximum atomic E-state index is 12.4. The number of rotatable bonds is 8. The lowest BCUT2D eigenvalue weighted by atomic mass is 10.2. The van der Waals surface area contributed by atoms with Crippen molar-refractivity contribution in [3.8, 4) is 5.75 Å². The topological polar surface area (TPSA) is 108 Å². The SMILES string of the molecule is CC(OC(=O)c1ccc([N+](=O)[O-])cc1Cl)C(=O)Nc1ccc(OCc2ccccc2)cc1. The van der Waals surface area contributed by atoms with Crippen molar-refractivity contribution in [1.29, 1.82) is 0 Å². The molecule has 0 spiro atoms. The highest BCUT2D eigenvalue weighted by molar-refractivity contribution is 6.33. The number of amides is 1. The molecule has 0 aromatic heterocycles. The normalized spacial score (nSPS) is 11.3. The van der Waals surface area contributed by atoms with E-state index in [4.69, 9.17) is 21.1 Å². The van der Waals surface area contributed by atoms with Gasteiger partial charge in [0.1, 0.15) is 12.4 Å².